The van der Waals surface area contributed by atoms with Gasteiger partial charge in [0, 0.05) is 24.4 Å². The van der Waals surface area contributed by atoms with Gasteiger partial charge in [-0.3, -0.25) is 4.79 Å². The van der Waals surface area contributed by atoms with Crippen LogP contribution in [0.5, 0.6) is 17.2 Å². The molecule has 1 aliphatic rings. The molecule has 0 saturated carbocycles. The van der Waals surface area contributed by atoms with Gasteiger partial charge in [-0.25, -0.2) is 0 Å². The molecule has 0 radical (unpaired) electrons. The molecule has 2 N–H and O–H groups in total. The van der Waals surface area contributed by atoms with Gasteiger partial charge in [0.05, 0.1) is 25.7 Å². The Hall–Kier alpha value is -3.40. The normalized spacial score (nSPS) is 15.7. The first-order valence-corrected chi connectivity index (χ1v) is 7.93. The minimum absolute atomic E-state index is 0.0254. The largest absolute Gasteiger partial charge is 0.497 e. The van der Waals surface area contributed by atoms with Gasteiger partial charge in [-0.2, -0.15) is 5.26 Å². The highest BCUT2D eigenvalue weighted by atomic mass is 16.5. The smallest absolute Gasteiger partial charge is 0.258 e. The van der Waals surface area contributed by atoms with Crippen LogP contribution in [0.1, 0.15) is 22.7 Å². The number of benzene rings is 1. The van der Waals surface area contributed by atoms with E-state index < -0.39 is 5.92 Å². The van der Waals surface area contributed by atoms with Crippen LogP contribution < -0.4 is 25.5 Å². The van der Waals surface area contributed by atoms with Gasteiger partial charge in [-0.15, -0.1) is 0 Å². The number of allylic oxidation sites excluding steroid dienone is 1. The molecule has 0 saturated heterocycles. The van der Waals surface area contributed by atoms with Gasteiger partial charge in [0.1, 0.15) is 28.9 Å². The molecule has 0 amide bonds. The lowest BCUT2D eigenvalue weighted by atomic mass is 9.83. The highest BCUT2D eigenvalue weighted by molar-refractivity contribution is 5.59. The van der Waals surface area contributed by atoms with E-state index in [0.717, 1.165) is 5.69 Å². The number of methoxy groups -OCH3 is 2. The van der Waals surface area contributed by atoms with Crippen molar-refractivity contribution in [1.82, 2.24) is 4.57 Å². The Kier molecular flexibility index (Phi) is 4.34. The zero-order chi connectivity index (χ0) is 19.0. The average molecular weight is 353 g/mol. The molecule has 0 fully saturated rings. The van der Waals surface area contributed by atoms with Gasteiger partial charge in [0.15, 0.2) is 0 Å². The Morgan fingerprint density at radius 3 is 2.62 bits per heavy atom. The predicted octanol–water partition coefficient (Wildman–Crippen LogP) is 1.93. The van der Waals surface area contributed by atoms with E-state index in [9.17, 15) is 10.1 Å². The van der Waals surface area contributed by atoms with Crippen molar-refractivity contribution >= 4 is 0 Å². The zero-order valence-corrected chi connectivity index (χ0v) is 15.0. The van der Waals surface area contributed by atoms with Crippen molar-refractivity contribution in [2.45, 2.75) is 12.8 Å². The van der Waals surface area contributed by atoms with E-state index >= 15 is 0 Å². The fourth-order valence-electron chi connectivity index (χ4n) is 3.12. The highest BCUT2D eigenvalue weighted by Gasteiger charge is 2.35. The number of hydrogen-bond acceptors (Lipinski definition) is 6. The van der Waals surface area contributed by atoms with Gasteiger partial charge in [-0.1, -0.05) is 0 Å². The summed E-state index contributed by atoms with van der Waals surface area (Å²) in [5.41, 5.74) is 7.56. The minimum Gasteiger partial charge on any atom is -0.497 e. The Bertz CT molecular complexity index is 1010. The molecule has 1 aromatic carbocycles. The molecule has 0 bridgehead atoms. The van der Waals surface area contributed by atoms with Gasteiger partial charge in [-0.05, 0) is 25.1 Å². The van der Waals surface area contributed by atoms with Gasteiger partial charge < -0.3 is 24.5 Å². The quantitative estimate of drug-likeness (QED) is 0.905. The van der Waals surface area contributed by atoms with Gasteiger partial charge in [0.25, 0.3) is 5.56 Å². The maximum Gasteiger partial charge on any atom is 0.258 e. The first-order valence-electron chi connectivity index (χ1n) is 7.93. The molecule has 0 aliphatic carbocycles. The van der Waals surface area contributed by atoms with Crippen LogP contribution in [0.2, 0.25) is 0 Å². The summed E-state index contributed by atoms with van der Waals surface area (Å²) >= 11 is 0. The fourth-order valence-corrected chi connectivity index (χ4v) is 3.12. The van der Waals surface area contributed by atoms with E-state index in [1.54, 1.807) is 45.3 Å². The molecule has 2 heterocycles. The SMILES string of the molecule is COc1ccc(OC)c([C@H]2C(C#N)=C(N)Oc3cc(C)n(C)c(=O)c32)c1. The van der Waals surface area contributed by atoms with Crippen molar-refractivity contribution in [3.8, 4) is 23.3 Å². The van der Waals surface area contributed by atoms with Crippen molar-refractivity contribution < 1.29 is 14.2 Å². The molecule has 7 nitrogen and oxygen atoms in total. The second-order valence-electron chi connectivity index (χ2n) is 5.96. The maximum atomic E-state index is 13.0. The lowest BCUT2D eigenvalue weighted by molar-refractivity contribution is 0.380. The predicted molar refractivity (Wildman–Crippen MR) is 95.3 cm³/mol. The Morgan fingerprint density at radius 2 is 2.00 bits per heavy atom. The molecular weight excluding hydrogens is 334 g/mol. The summed E-state index contributed by atoms with van der Waals surface area (Å²) in [5.74, 6) is 0.702. The standard InChI is InChI=1S/C19H19N3O4/c1-10-7-15-17(19(23)22(10)2)16(13(9-20)18(21)26-15)12-8-11(24-3)5-6-14(12)25-4/h5-8,16H,21H2,1-4H3/t16-/m0/s1. The number of nitrogens with two attached hydrogens (primary N) is 1. The van der Waals surface area contributed by atoms with Crippen LogP contribution in [0, 0.1) is 18.3 Å². The molecule has 7 heteroatoms. The van der Waals surface area contributed by atoms with E-state index in [4.69, 9.17) is 19.9 Å². The second-order valence-corrected chi connectivity index (χ2v) is 5.96. The number of rotatable bonds is 3. The van der Waals surface area contributed by atoms with E-state index in [1.165, 1.54) is 11.7 Å². The summed E-state index contributed by atoms with van der Waals surface area (Å²) in [6.07, 6.45) is 0. The molecular formula is C19H19N3O4. The highest BCUT2D eigenvalue weighted by Crippen LogP contribution is 2.44. The number of nitrogens with zero attached hydrogens (tertiary/aromatic N) is 2. The zero-order valence-electron chi connectivity index (χ0n) is 15.0. The maximum absolute atomic E-state index is 13.0. The van der Waals surface area contributed by atoms with Crippen molar-refractivity contribution in [3.63, 3.8) is 0 Å². The Balaban J connectivity index is 2.39. The van der Waals surface area contributed by atoms with Crippen LogP contribution in [0.4, 0.5) is 0 Å². The lowest BCUT2D eigenvalue weighted by Crippen LogP contribution is -2.31. The fraction of sp³-hybridized carbons (Fsp3) is 0.263. The van der Waals surface area contributed by atoms with Crippen LogP contribution in [0.25, 0.3) is 0 Å². The summed E-state index contributed by atoms with van der Waals surface area (Å²) in [4.78, 5) is 13.0. The number of aromatic nitrogens is 1. The third kappa shape index (κ3) is 2.56. The van der Waals surface area contributed by atoms with Crippen LogP contribution in [-0.4, -0.2) is 18.8 Å². The van der Waals surface area contributed by atoms with Crippen LogP contribution in [0.3, 0.4) is 0 Å². The van der Waals surface area contributed by atoms with Crippen molar-refractivity contribution in [2.75, 3.05) is 14.2 Å². The number of pyridine rings is 1. The third-order valence-corrected chi connectivity index (χ3v) is 4.60. The first kappa shape index (κ1) is 17.4. The van der Waals surface area contributed by atoms with E-state index in [1.807, 2.05) is 0 Å². The third-order valence-electron chi connectivity index (χ3n) is 4.60. The van der Waals surface area contributed by atoms with E-state index in [2.05, 4.69) is 6.07 Å². The van der Waals surface area contributed by atoms with Crippen LogP contribution in [-0.2, 0) is 7.05 Å². The summed E-state index contributed by atoms with van der Waals surface area (Å²) < 4.78 is 17.9. The molecule has 134 valence electrons. The van der Waals surface area contributed by atoms with E-state index in [0.29, 0.717) is 28.4 Å². The molecule has 0 spiro atoms. The molecule has 0 unspecified atom stereocenters. The molecule has 26 heavy (non-hydrogen) atoms. The number of hydrogen-bond donors (Lipinski definition) is 1. The molecule has 1 aromatic heterocycles. The van der Waals surface area contributed by atoms with Crippen LogP contribution >= 0.6 is 0 Å². The van der Waals surface area contributed by atoms with Crippen molar-refractivity contribution in [2.24, 2.45) is 12.8 Å². The summed E-state index contributed by atoms with van der Waals surface area (Å²) in [6, 6.07) is 9.02. The number of nitriles is 1. The van der Waals surface area contributed by atoms with Crippen molar-refractivity contribution in [3.05, 3.63) is 62.9 Å². The first-order chi connectivity index (χ1) is 12.4. The summed E-state index contributed by atoms with van der Waals surface area (Å²) in [5, 5.41) is 9.67. The van der Waals surface area contributed by atoms with Gasteiger partial charge >= 0.3 is 0 Å². The molecule has 2 aromatic rings. The van der Waals surface area contributed by atoms with Crippen molar-refractivity contribution in [1.29, 1.82) is 5.26 Å². The Morgan fingerprint density at radius 1 is 1.27 bits per heavy atom. The molecule has 1 aliphatic heterocycles. The summed E-state index contributed by atoms with van der Waals surface area (Å²) in [6.45, 7) is 1.80. The summed E-state index contributed by atoms with van der Waals surface area (Å²) in [7, 11) is 4.74. The number of aryl methyl sites for hydroxylation is 1. The topological polar surface area (TPSA) is 99.5 Å². The molecule has 3 rings (SSSR count). The monoisotopic (exact) mass is 353 g/mol. The number of ether oxygens (including phenoxy) is 3. The second kappa shape index (κ2) is 6.48. The minimum atomic E-state index is -0.715. The average Bonchev–Trinajstić information content (AvgIpc) is 2.64. The van der Waals surface area contributed by atoms with Crippen LogP contribution in [0.15, 0.2) is 40.5 Å². The van der Waals surface area contributed by atoms with Gasteiger partial charge in [0.2, 0.25) is 5.88 Å². The molecule has 1 atom stereocenters. The number of fused-ring (bicyclic) bond motifs is 1. The lowest BCUT2D eigenvalue weighted by Gasteiger charge is -2.27. The Labute approximate surface area is 150 Å². The van der Waals surface area contributed by atoms with E-state index in [-0.39, 0.29) is 17.0 Å².